The fraction of sp³-hybridized carbons (Fsp3) is 0.200. The van der Waals surface area contributed by atoms with Crippen LogP contribution in [0.15, 0.2) is 66.2 Å². The molecule has 1 heterocycles. The van der Waals surface area contributed by atoms with Gasteiger partial charge in [-0.25, -0.2) is 14.5 Å². The number of nitrogens with one attached hydrogen (secondary N) is 1. The van der Waals surface area contributed by atoms with Crippen molar-refractivity contribution in [3.05, 3.63) is 94.1 Å². The van der Waals surface area contributed by atoms with Crippen molar-refractivity contribution in [1.82, 2.24) is 5.32 Å². The summed E-state index contributed by atoms with van der Waals surface area (Å²) in [5.74, 6) is -1.22. The highest BCUT2D eigenvalue weighted by Crippen LogP contribution is 2.31. The lowest BCUT2D eigenvalue weighted by molar-refractivity contribution is -0.122. The molecule has 4 rings (SSSR count). The van der Waals surface area contributed by atoms with E-state index in [0.29, 0.717) is 30.3 Å². The molecule has 0 aromatic heterocycles. The predicted octanol–water partition coefficient (Wildman–Crippen LogP) is 4.73. The number of nitrogens with zero attached hydrogens (tertiary/aromatic N) is 1. The van der Waals surface area contributed by atoms with E-state index in [0.717, 1.165) is 21.6 Å². The molecular formula is C30H28N2O7. The van der Waals surface area contributed by atoms with Crippen molar-refractivity contribution >= 4 is 35.6 Å². The summed E-state index contributed by atoms with van der Waals surface area (Å²) in [7, 11) is 1.25. The van der Waals surface area contributed by atoms with E-state index in [1.807, 2.05) is 20.8 Å². The van der Waals surface area contributed by atoms with Crippen molar-refractivity contribution in [3.63, 3.8) is 0 Å². The van der Waals surface area contributed by atoms with Gasteiger partial charge in [-0.05, 0) is 74.4 Å². The van der Waals surface area contributed by atoms with Gasteiger partial charge in [-0.2, -0.15) is 0 Å². The number of benzene rings is 3. The van der Waals surface area contributed by atoms with E-state index >= 15 is 0 Å². The van der Waals surface area contributed by atoms with Crippen LogP contribution in [0.25, 0.3) is 6.08 Å². The third kappa shape index (κ3) is 6.15. The monoisotopic (exact) mass is 528 g/mol. The zero-order valence-corrected chi connectivity index (χ0v) is 22.1. The molecule has 0 radical (unpaired) electrons. The van der Waals surface area contributed by atoms with Gasteiger partial charge >= 0.3 is 12.0 Å². The Labute approximate surface area is 226 Å². The number of ether oxygens (including phenoxy) is 3. The molecular weight excluding hydrogens is 500 g/mol. The van der Waals surface area contributed by atoms with E-state index in [9.17, 15) is 19.2 Å². The van der Waals surface area contributed by atoms with Crippen LogP contribution in [0.3, 0.4) is 0 Å². The Hall–Kier alpha value is -4.92. The summed E-state index contributed by atoms with van der Waals surface area (Å²) in [5.41, 5.74) is 4.01. The summed E-state index contributed by atoms with van der Waals surface area (Å²) in [6.45, 7) is 6.61. The number of barbiturate groups is 1. The van der Waals surface area contributed by atoms with Gasteiger partial charge < -0.3 is 14.2 Å². The number of hydrogen-bond acceptors (Lipinski definition) is 7. The van der Waals surface area contributed by atoms with Crippen molar-refractivity contribution in [2.24, 2.45) is 0 Å². The highest BCUT2D eigenvalue weighted by molar-refractivity contribution is 6.39. The molecule has 1 saturated heterocycles. The first-order valence-electron chi connectivity index (χ1n) is 12.3. The molecule has 0 bridgehead atoms. The Morgan fingerprint density at radius 2 is 1.59 bits per heavy atom. The molecule has 0 spiro atoms. The number of methoxy groups -OCH3 is 1. The first-order valence-corrected chi connectivity index (χ1v) is 12.3. The zero-order chi connectivity index (χ0) is 28.1. The second kappa shape index (κ2) is 11.6. The van der Waals surface area contributed by atoms with E-state index in [2.05, 4.69) is 28.3 Å². The third-order valence-electron chi connectivity index (χ3n) is 5.90. The number of carbonyl (C=O) groups is 4. The molecule has 9 nitrogen and oxygen atoms in total. The largest absolute Gasteiger partial charge is 0.490 e. The van der Waals surface area contributed by atoms with Crippen molar-refractivity contribution in [3.8, 4) is 11.5 Å². The van der Waals surface area contributed by atoms with Gasteiger partial charge in [0.05, 0.1) is 25.0 Å². The van der Waals surface area contributed by atoms with Crippen LogP contribution in [-0.2, 0) is 20.9 Å². The minimum atomic E-state index is -0.891. The highest BCUT2D eigenvalue weighted by atomic mass is 16.5. The number of aryl methyl sites for hydroxylation is 2. The summed E-state index contributed by atoms with van der Waals surface area (Å²) >= 11 is 0. The van der Waals surface area contributed by atoms with E-state index in [-0.39, 0.29) is 16.8 Å². The Balaban J connectivity index is 1.60. The normalized spacial score (nSPS) is 14.3. The molecule has 3 aromatic carbocycles. The van der Waals surface area contributed by atoms with Gasteiger partial charge in [0.15, 0.2) is 11.5 Å². The molecule has 200 valence electrons. The van der Waals surface area contributed by atoms with Crippen molar-refractivity contribution < 1.29 is 33.4 Å². The number of amides is 4. The van der Waals surface area contributed by atoms with E-state index in [1.165, 1.54) is 37.5 Å². The molecule has 0 unspecified atom stereocenters. The molecule has 3 aromatic rings. The van der Waals surface area contributed by atoms with Crippen molar-refractivity contribution in [2.75, 3.05) is 18.6 Å². The SMILES string of the molecule is CCOc1cc(/C=C2\C(=O)NC(=O)N(c3ccc(C(=O)OC)cc3)C2=O)ccc1OCc1cc(C)cc(C)c1. The highest BCUT2D eigenvalue weighted by Gasteiger charge is 2.37. The van der Waals surface area contributed by atoms with Crippen molar-refractivity contribution in [1.29, 1.82) is 0 Å². The topological polar surface area (TPSA) is 111 Å². The van der Waals surface area contributed by atoms with Crippen LogP contribution in [0.2, 0.25) is 0 Å². The summed E-state index contributed by atoms with van der Waals surface area (Å²) in [6, 6.07) is 16.1. The number of urea groups is 1. The summed E-state index contributed by atoms with van der Waals surface area (Å²) in [5, 5.41) is 2.19. The smallest absolute Gasteiger partial charge is 0.337 e. The molecule has 1 N–H and O–H groups in total. The zero-order valence-electron chi connectivity index (χ0n) is 22.1. The summed E-state index contributed by atoms with van der Waals surface area (Å²) in [4.78, 5) is 50.9. The average Bonchev–Trinajstić information content (AvgIpc) is 2.90. The minimum Gasteiger partial charge on any atom is -0.490 e. The molecule has 0 saturated carbocycles. The van der Waals surface area contributed by atoms with E-state index in [1.54, 1.807) is 18.2 Å². The Morgan fingerprint density at radius 3 is 2.23 bits per heavy atom. The number of anilines is 1. The predicted molar refractivity (Wildman–Crippen MR) is 145 cm³/mol. The quantitative estimate of drug-likeness (QED) is 0.256. The lowest BCUT2D eigenvalue weighted by Crippen LogP contribution is -2.54. The fourth-order valence-corrected chi connectivity index (χ4v) is 4.24. The molecule has 39 heavy (non-hydrogen) atoms. The summed E-state index contributed by atoms with van der Waals surface area (Å²) < 4.78 is 16.5. The second-order valence-corrected chi connectivity index (χ2v) is 8.92. The minimum absolute atomic E-state index is 0.189. The molecule has 0 atom stereocenters. The van der Waals surface area contributed by atoms with Gasteiger partial charge in [0.1, 0.15) is 12.2 Å². The molecule has 4 amide bonds. The van der Waals surface area contributed by atoms with Gasteiger partial charge in [0.25, 0.3) is 11.8 Å². The first-order chi connectivity index (χ1) is 18.7. The van der Waals surface area contributed by atoms with Crippen LogP contribution in [-0.4, -0.2) is 37.5 Å². The maximum absolute atomic E-state index is 13.2. The van der Waals surface area contributed by atoms with Gasteiger partial charge in [-0.3, -0.25) is 14.9 Å². The Bertz CT molecular complexity index is 1450. The first kappa shape index (κ1) is 27.1. The van der Waals surface area contributed by atoms with E-state index in [4.69, 9.17) is 9.47 Å². The Kier molecular flexibility index (Phi) is 8.10. The van der Waals surface area contributed by atoms with Gasteiger partial charge in [0, 0.05) is 0 Å². The van der Waals surface area contributed by atoms with Crippen LogP contribution >= 0.6 is 0 Å². The van der Waals surface area contributed by atoms with Crippen LogP contribution in [0.4, 0.5) is 10.5 Å². The van der Waals surface area contributed by atoms with Crippen LogP contribution < -0.4 is 19.7 Å². The summed E-state index contributed by atoms with van der Waals surface area (Å²) in [6.07, 6.45) is 1.39. The molecule has 1 fully saturated rings. The van der Waals surface area contributed by atoms with Crippen LogP contribution in [0.1, 0.15) is 39.5 Å². The third-order valence-corrected chi connectivity index (χ3v) is 5.90. The van der Waals surface area contributed by atoms with Gasteiger partial charge in [-0.1, -0.05) is 35.4 Å². The molecule has 1 aliphatic heterocycles. The molecule has 1 aliphatic rings. The van der Waals surface area contributed by atoms with Crippen LogP contribution in [0, 0.1) is 13.8 Å². The van der Waals surface area contributed by atoms with E-state index < -0.39 is 23.8 Å². The average molecular weight is 529 g/mol. The second-order valence-electron chi connectivity index (χ2n) is 8.92. The number of esters is 1. The number of rotatable bonds is 8. The Morgan fingerprint density at radius 1 is 0.897 bits per heavy atom. The molecule has 0 aliphatic carbocycles. The standard InChI is InChI=1S/C30H28N2O7/c1-5-38-26-16-20(6-11-25(26)39-17-21-13-18(2)12-19(3)14-21)15-24-27(33)31-30(36)32(28(24)34)23-9-7-22(8-10-23)29(35)37-4/h6-16H,5,17H2,1-4H3,(H,31,33,36)/b24-15+. The molecule has 9 heteroatoms. The van der Waals surface area contributed by atoms with Crippen molar-refractivity contribution in [2.45, 2.75) is 27.4 Å². The van der Waals surface area contributed by atoms with Gasteiger partial charge in [-0.15, -0.1) is 0 Å². The lowest BCUT2D eigenvalue weighted by atomic mass is 10.1. The number of imide groups is 2. The van der Waals surface area contributed by atoms with Gasteiger partial charge in [0.2, 0.25) is 0 Å². The fourth-order valence-electron chi connectivity index (χ4n) is 4.24. The lowest BCUT2D eigenvalue weighted by Gasteiger charge is -2.26. The maximum Gasteiger partial charge on any atom is 0.337 e. The maximum atomic E-state index is 13.2. The number of carbonyl (C=O) groups excluding carboxylic acids is 4. The number of hydrogen-bond donors (Lipinski definition) is 1. The van der Waals surface area contributed by atoms with Crippen LogP contribution in [0.5, 0.6) is 11.5 Å².